The van der Waals surface area contributed by atoms with E-state index in [1.807, 2.05) is 12.1 Å². The number of thiophene rings is 1. The highest BCUT2D eigenvalue weighted by atomic mass is 79.9. The number of halogens is 1. The first-order valence-corrected chi connectivity index (χ1v) is 8.39. The minimum atomic E-state index is -0.0865. The molecule has 1 heterocycles. The zero-order valence-corrected chi connectivity index (χ0v) is 14.1. The lowest BCUT2D eigenvalue weighted by Gasteiger charge is -2.16. The fourth-order valence-corrected chi connectivity index (χ4v) is 3.58. The number of ether oxygens (including phenoxy) is 1. The summed E-state index contributed by atoms with van der Waals surface area (Å²) in [7, 11) is 0. The van der Waals surface area contributed by atoms with Crippen LogP contribution >= 0.6 is 27.3 Å². The summed E-state index contributed by atoms with van der Waals surface area (Å²) in [5, 5.41) is 2.35. The predicted octanol–water partition coefficient (Wildman–Crippen LogP) is 5.05. The lowest BCUT2D eigenvalue weighted by molar-refractivity contribution is 0.218. The minimum Gasteiger partial charge on any atom is -0.484 e. The van der Waals surface area contributed by atoms with Gasteiger partial charge in [-0.2, -0.15) is 0 Å². The zero-order chi connectivity index (χ0) is 14.8. The Balaban J connectivity index is 1.87. The van der Waals surface area contributed by atoms with Crippen LogP contribution in [0.1, 0.15) is 15.9 Å². The summed E-state index contributed by atoms with van der Waals surface area (Å²) in [5.41, 5.74) is 5.87. The summed E-state index contributed by atoms with van der Waals surface area (Å²) in [5.74, 6) is 0.853. The average molecular weight is 362 g/mol. The molecule has 0 fully saturated rings. The van der Waals surface area contributed by atoms with Crippen molar-refractivity contribution in [2.45, 2.75) is 13.0 Å². The Morgan fingerprint density at radius 1 is 1.10 bits per heavy atom. The number of hydrogen-bond acceptors (Lipinski definition) is 3. The molecule has 1 atom stereocenters. The maximum Gasteiger partial charge on any atom is 0.145 e. The highest BCUT2D eigenvalue weighted by Crippen LogP contribution is 2.29. The van der Waals surface area contributed by atoms with E-state index < -0.39 is 0 Å². The van der Waals surface area contributed by atoms with Gasteiger partial charge in [0.2, 0.25) is 0 Å². The van der Waals surface area contributed by atoms with Crippen LogP contribution in [0.2, 0.25) is 0 Å². The average Bonchev–Trinajstić information content (AvgIpc) is 2.91. The van der Waals surface area contributed by atoms with E-state index in [9.17, 15) is 0 Å². The van der Waals surface area contributed by atoms with E-state index in [2.05, 4.69) is 59.3 Å². The Kier molecular flexibility index (Phi) is 4.29. The van der Waals surface area contributed by atoms with Crippen LogP contribution in [0.25, 0.3) is 10.8 Å². The smallest absolute Gasteiger partial charge is 0.145 e. The van der Waals surface area contributed by atoms with E-state index >= 15 is 0 Å². The highest BCUT2D eigenvalue weighted by Gasteiger charge is 2.13. The Morgan fingerprint density at radius 3 is 2.57 bits per heavy atom. The molecule has 0 saturated carbocycles. The maximum atomic E-state index is 6.08. The van der Waals surface area contributed by atoms with Gasteiger partial charge in [-0.1, -0.05) is 28.1 Å². The number of nitrogens with two attached hydrogens (primary N) is 1. The van der Waals surface area contributed by atoms with E-state index in [0.29, 0.717) is 6.54 Å². The second-order valence-corrected chi connectivity index (χ2v) is 7.18. The summed E-state index contributed by atoms with van der Waals surface area (Å²) in [6, 6.07) is 16.5. The van der Waals surface area contributed by atoms with E-state index in [1.165, 1.54) is 15.1 Å². The van der Waals surface area contributed by atoms with Gasteiger partial charge in [0.05, 0.1) is 0 Å². The number of aryl methyl sites for hydroxylation is 1. The molecule has 0 saturated heterocycles. The molecule has 1 unspecified atom stereocenters. The first-order valence-electron chi connectivity index (χ1n) is 6.78. The summed E-state index contributed by atoms with van der Waals surface area (Å²) >= 11 is 5.22. The van der Waals surface area contributed by atoms with Crippen LogP contribution in [0, 0.1) is 6.92 Å². The van der Waals surface area contributed by atoms with Gasteiger partial charge in [0.25, 0.3) is 0 Å². The van der Waals surface area contributed by atoms with Gasteiger partial charge in [-0.3, -0.25) is 0 Å². The number of benzene rings is 2. The molecule has 2 nitrogen and oxygen atoms in total. The van der Waals surface area contributed by atoms with Crippen LogP contribution < -0.4 is 10.5 Å². The van der Waals surface area contributed by atoms with Gasteiger partial charge in [0.15, 0.2) is 0 Å². The molecule has 0 aliphatic heterocycles. The quantitative estimate of drug-likeness (QED) is 0.705. The van der Waals surface area contributed by atoms with Gasteiger partial charge in [-0.05, 0) is 54.1 Å². The van der Waals surface area contributed by atoms with E-state index in [4.69, 9.17) is 10.5 Å². The summed E-state index contributed by atoms with van der Waals surface area (Å²) in [6.07, 6.45) is -0.0865. The number of fused-ring (bicyclic) bond motifs is 1. The second-order valence-electron chi connectivity index (χ2n) is 4.94. The van der Waals surface area contributed by atoms with Crippen LogP contribution in [0.5, 0.6) is 5.75 Å². The molecule has 0 aliphatic rings. The van der Waals surface area contributed by atoms with Crippen LogP contribution in [-0.2, 0) is 0 Å². The predicted molar refractivity (Wildman–Crippen MR) is 93.1 cm³/mol. The first-order chi connectivity index (χ1) is 10.2. The topological polar surface area (TPSA) is 35.2 Å². The highest BCUT2D eigenvalue weighted by molar-refractivity contribution is 9.10. The molecule has 2 N–H and O–H groups in total. The standard InChI is InChI=1S/C17H16BrNOS/c1-11-2-7-17(21-11)16(10-19)20-15-6-4-12-8-14(18)5-3-13(12)9-15/h2-9,16H,10,19H2,1H3. The van der Waals surface area contributed by atoms with Crippen molar-refractivity contribution in [1.82, 2.24) is 0 Å². The molecular formula is C17H16BrNOS. The third kappa shape index (κ3) is 3.28. The lowest BCUT2D eigenvalue weighted by atomic mass is 10.1. The summed E-state index contributed by atoms with van der Waals surface area (Å²) < 4.78 is 7.16. The molecule has 0 radical (unpaired) electrons. The van der Waals surface area contributed by atoms with Gasteiger partial charge in [-0.15, -0.1) is 11.3 Å². The van der Waals surface area contributed by atoms with Crippen molar-refractivity contribution in [3.8, 4) is 5.75 Å². The molecule has 0 bridgehead atoms. The van der Waals surface area contributed by atoms with Crippen molar-refractivity contribution in [1.29, 1.82) is 0 Å². The van der Waals surface area contributed by atoms with Gasteiger partial charge < -0.3 is 10.5 Å². The summed E-state index contributed by atoms with van der Waals surface area (Å²) in [6.45, 7) is 2.56. The van der Waals surface area contributed by atoms with Crippen molar-refractivity contribution in [3.05, 3.63) is 62.8 Å². The third-order valence-corrected chi connectivity index (χ3v) is 4.93. The van der Waals surface area contributed by atoms with E-state index in [-0.39, 0.29) is 6.10 Å². The third-order valence-electron chi connectivity index (χ3n) is 3.34. The summed E-state index contributed by atoms with van der Waals surface area (Å²) in [4.78, 5) is 2.45. The Morgan fingerprint density at radius 2 is 1.86 bits per heavy atom. The van der Waals surface area contributed by atoms with E-state index in [0.717, 1.165) is 15.6 Å². The Labute approximate surface area is 136 Å². The SMILES string of the molecule is Cc1ccc(C(CN)Oc2ccc3cc(Br)ccc3c2)s1. The molecule has 0 amide bonds. The fraction of sp³-hybridized carbons (Fsp3) is 0.176. The molecular weight excluding hydrogens is 346 g/mol. The molecule has 3 rings (SSSR count). The Hall–Kier alpha value is -1.36. The molecule has 4 heteroatoms. The number of hydrogen-bond donors (Lipinski definition) is 1. The normalized spacial score (nSPS) is 12.5. The monoisotopic (exact) mass is 361 g/mol. The van der Waals surface area contributed by atoms with Crippen molar-refractivity contribution in [2.75, 3.05) is 6.54 Å². The minimum absolute atomic E-state index is 0.0865. The van der Waals surface area contributed by atoms with Gasteiger partial charge in [0.1, 0.15) is 11.9 Å². The maximum absolute atomic E-state index is 6.08. The molecule has 108 valence electrons. The second kappa shape index (κ2) is 6.18. The van der Waals surface area contributed by atoms with Crippen LogP contribution in [0.4, 0.5) is 0 Å². The molecule has 0 spiro atoms. The van der Waals surface area contributed by atoms with Crippen molar-refractivity contribution in [3.63, 3.8) is 0 Å². The van der Waals surface area contributed by atoms with Crippen molar-refractivity contribution < 1.29 is 4.74 Å². The molecule has 2 aromatic carbocycles. The van der Waals surface area contributed by atoms with Gasteiger partial charge in [0, 0.05) is 20.8 Å². The van der Waals surface area contributed by atoms with Crippen LogP contribution in [0.15, 0.2) is 53.0 Å². The zero-order valence-electron chi connectivity index (χ0n) is 11.7. The lowest BCUT2D eigenvalue weighted by Crippen LogP contribution is -2.17. The number of rotatable bonds is 4. The molecule has 1 aromatic heterocycles. The van der Waals surface area contributed by atoms with Crippen LogP contribution in [0.3, 0.4) is 0 Å². The largest absolute Gasteiger partial charge is 0.484 e. The fourth-order valence-electron chi connectivity index (χ4n) is 2.28. The Bertz CT molecular complexity index is 768. The van der Waals surface area contributed by atoms with Gasteiger partial charge >= 0.3 is 0 Å². The van der Waals surface area contributed by atoms with Crippen molar-refractivity contribution in [2.24, 2.45) is 5.73 Å². The molecule has 21 heavy (non-hydrogen) atoms. The molecule has 3 aromatic rings. The van der Waals surface area contributed by atoms with E-state index in [1.54, 1.807) is 11.3 Å². The van der Waals surface area contributed by atoms with Gasteiger partial charge in [-0.25, -0.2) is 0 Å². The first kappa shape index (κ1) is 14.6. The molecule has 0 aliphatic carbocycles. The van der Waals surface area contributed by atoms with Crippen LogP contribution in [-0.4, -0.2) is 6.54 Å². The van der Waals surface area contributed by atoms with Crippen molar-refractivity contribution >= 4 is 38.0 Å².